The van der Waals surface area contributed by atoms with Crippen molar-refractivity contribution in [2.24, 2.45) is 17.8 Å². The molecule has 0 bridgehead atoms. The van der Waals surface area contributed by atoms with Gasteiger partial charge in [-0.2, -0.15) is 0 Å². The minimum atomic E-state index is 0.737. The molecule has 110 valence electrons. The van der Waals surface area contributed by atoms with Gasteiger partial charge < -0.3 is 5.32 Å². The maximum atomic E-state index is 3.71. The van der Waals surface area contributed by atoms with Crippen LogP contribution >= 0.6 is 0 Å². The molecule has 0 aliphatic heterocycles. The van der Waals surface area contributed by atoms with Crippen molar-refractivity contribution in [2.45, 2.75) is 86.1 Å². The van der Waals surface area contributed by atoms with Gasteiger partial charge in [0.1, 0.15) is 0 Å². The highest BCUT2D eigenvalue weighted by atomic mass is 14.9. The minimum absolute atomic E-state index is 0.737. The number of nitrogens with one attached hydrogen (secondary N) is 1. The lowest BCUT2D eigenvalue weighted by molar-refractivity contribution is 0.342. The van der Waals surface area contributed by atoms with Crippen molar-refractivity contribution < 1.29 is 0 Å². The van der Waals surface area contributed by atoms with Gasteiger partial charge in [-0.05, 0) is 43.6 Å². The second kappa shape index (κ2) is 10.8. The van der Waals surface area contributed by atoms with E-state index in [1.54, 1.807) is 0 Å². The largest absolute Gasteiger partial charge is 0.314 e. The van der Waals surface area contributed by atoms with Gasteiger partial charge in [0.15, 0.2) is 0 Å². The first-order valence-electron chi connectivity index (χ1n) is 8.22. The molecule has 0 aliphatic carbocycles. The topological polar surface area (TPSA) is 12.0 Å². The van der Waals surface area contributed by atoms with E-state index in [9.17, 15) is 0 Å². The molecular formula is C17H37N. The van der Waals surface area contributed by atoms with Crippen molar-refractivity contribution in [3.8, 4) is 0 Å². The summed E-state index contributed by atoms with van der Waals surface area (Å²) in [6.45, 7) is 15.1. The maximum absolute atomic E-state index is 3.71. The SMILES string of the molecule is CCC(CCC(C)C)CC[C@@H](CC)NCC(C)C. The summed E-state index contributed by atoms with van der Waals surface area (Å²) in [6.07, 6.45) is 8.22. The molecule has 1 N–H and O–H groups in total. The molecule has 0 aliphatic rings. The van der Waals surface area contributed by atoms with Gasteiger partial charge in [-0.15, -0.1) is 0 Å². The lowest BCUT2D eigenvalue weighted by Crippen LogP contribution is -2.32. The Morgan fingerprint density at radius 2 is 1.33 bits per heavy atom. The summed E-state index contributed by atoms with van der Waals surface area (Å²) in [4.78, 5) is 0. The van der Waals surface area contributed by atoms with Crippen LogP contribution in [0.15, 0.2) is 0 Å². The molecule has 0 saturated carbocycles. The first kappa shape index (κ1) is 18.0. The molecule has 18 heavy (non-hydrogen) atoms. The van der Waals surface area contributed by atoms with Crippen LogP contribution in [0.5, 0.6) is 0 Å². The lowest BCUT2D eigenvalue weighted by Gasteiger charge is -2.22. The van der Waals surface area contributed by atoms with Gasteiger partial charge in [-0.3, -0.25) is 0 Å². The molecule has 0 radical (unpaired) electrons. The zero-order chi connectivity index (χ0) is 14.0. The zero-order valence-corrected chi connectivity index (χ0v) is 13.8. The molecule has 0 heterocycles. The molecule has 1 unspecified atom stereocenters. The number of hydrogen-bond donors (Lipinski definition) is 1. The fourth-order valence-electron chi connectivity index (χ4n) is 2.41. The van der Waals surface area contributed by atoms with Gasteiger partial charge in [0, 0.05) is 6.04 Å². The summed E-state index contributed by atoms with van der Waals surface area (Å²) < 4.78 is 0. The predicted octanol–water partition coefficient (Wildman–Crippen LogP) is 5.25. The van der Waals surface area contributed by atoms with Crippen LogP contribution in [0.4, 0.5) is 0 Å². The van der Waals surface area contributed by atoms with Gasteiger partial charge in [-0.1, -0.05) is 60.8 Å². The van der Waals surface area contributed by atoms with Crippen molar-refractivity contribution in [1.82, 2.24) is 5.32 Å². The normalized spacial score (nSPS) is 15.3. The second-order valence-electron chi connectivity index (χ2n) is 6.73. The van der Waals surface area contributed by atoms with Crippen molar-refractivity contribution >= 4 is 0 Å². The van der Waals surface area contributed by atoms with Crippen LogP contribution < -0.4 is 5.32 Å². The summed E-state index contributed by atoms with van der Waals surface area (Å²) >= 11 is 0. The fourth-order valence-corrected chi connectivity index (χ4v) is 2.41. The van der Waals surface area contributed by atoms with Gasteiger partial charge in [0.05, 0.1) is 0 Å². The Bertz CT molecular complexity index is 154. The maximum Gasteiger partial charge on any atom is 0.00646 e. The molecule has 0 amide bonds. The van der Waals surface area contributed by atoms with E-state index in [0.717, 1.165) is 23.8 Å². The van der Waals surface area contributed by atoms with E-state index >= 15 is 0 Å². The first-order chi connectivity index (χ1) is 8.49. The summed E-state index contributed by atoms with van der Waals surface area (Å²) in [5.41, 5.74) is 0. The molecular weight excluding hydrogens is 218 g/mol. The first-order valence-corrected chi connectivity index (χ1v) is 8.22. The Morgan fingerprint density at radius 3 is 1.78 bits per heavy atom. The summed E-state index contributed by atoms with van der Waals surface area (Å²) in [6, 6.07) is 0.737. The third kappa shape index (κ3) is 9.94. The Morgan fingerprint density at radius 1 is 0.722 bits per heavy atom. The van der Waals surface area contributed by atoms with Crippen LogP contribution in [-0.2, 0) is 0 Å². The van der Waals surface area contributed by atoms with E-state index in [4.69, 9.17) is 0 Å². The lowest BCUT2D eigenvalue weighted by atomic mass is 9.90. The predicted molar refractivity (Wildman–Crippen MR) is 84.0 cm³/mol. The Balaban J connectivity index is 3.84. The van der Waals surface area contributed by atoms with Crippen molar-refractivity contribution in [1.29, 1.82) is 0 Å². The third-order valence-corrected chi connectivity index (χ3v) is 3.96. The minimum Gasteiger partial charge on any atom is -0.314 e. The monoisotopic (exact) mass is 255 g/mol. The van der Waals surface area contributed by atoms with E-state index in [1.807, 2.05) is 0 Å². The summed E-state index contributed by atoms with van der Waals surface area (Å²) in [5.74, 6) is 2.57. The molecule has 2 atom stereocenters. The smallest absolute Gasteiger partial charge is 0.00646 e. The number of hydrogen-bond acceptors (Lipinski definition) is 1. The van der Waals surface area contributed by atoms with Gasteiger partial charge in [-0.25, -0.2) is 0 Å². The van der Waals surface area contributed by atoms with Crippen LogP contribution in [0.1, 0.15) is 80.1 Å². The van der Waals surface area contributed by atoms with E-state index < -0.39 is 0 Å². The molecule has 1 nitrogen and oxygen atoms in total. The Kier molecular flexibility index (Phi) is 10.8. The molecule has 0 aromatic carbocycles. The molecule has 1 heteroatoms. The fraction of sp³-hybridized carbons (Fsp3) is 1.00. The average molecular weight is 255 g/mol. The molecule has 0 fully saturated rings. The highest BCUT2D eigenvalue weighted by Gasteiger charge is 2.12. The Labute approximate surface area is 116 Å². The van der Waals surface area contributed by atoms with Crippen LogP contribution in [0.3, 0.4) is 0 Å². The van der Waals surface area contributed by atoms with E-state index in [-0.39, 0.29) is 0 Å². The van der Waals surface area contributed by atoms with E-state index in [1.165, 1.54) is 45.1 Å². The van der Waals surface area contributed by atoms with Gasteiger partial charge >= 0.3 is 0 Å². The third-order valence-electron chi connectivity index (χ3n) is 3.96. The highest BCUT2D eigenvalue weighted by Crippen LogP contribution is 2.21. The zero-order valence-electron chi connectivity index (χ0n) is 13.8. The number of rotatable bonds is 11. The molecule has 0 aromatic rings. The van der Waals surface area contributed by atoms with E-state index in [2.05, 4.69) is 46.9 Å². The van der Waals surface area contributed by atoms with Gasteiger partial charge in [0.2, 0.25) is 0 Å². The van der Waals surface area contributed by atoms with Gasteiger partial charge in [0.25, 0.3) is 0 Å². The van der Waals surface area contributed by atoms with Crippen LogP contribution in [0.25, 0.3) is 0 Å². The Hall–Kier alpha value is -0.0400. The average Bonchev–Trinajstić information content (AvgIpc) is 2.32. The molecule has 0 aromatic heterocycles. The molecule has 0 rings (SSSR count). The van der Waals surface area contributed by atoms with Crippen LogP contribution in [0.2, 0.25) is 0 Å². The molecule has 0 saturated heterocycles. The quantitative estimate of drug-likeness (QED) is 0.531. The summed E-state index contributed by atoms with van der Waals surface area (Å²) in [5, 5.41) is 3.71. The second-order valence-corrected chi connectivity index (χ2v) is 6.73. The standard InChI is InChI=1S/C17H37N/c1-7-16(10-9-14(3)4)11-12-17(8-2)18-13-15(5)6/h14-18H,7-13H2,1-6H3/t16?,17-/m1/s1. The van der Waals surface area contributed by atoms with Crippen molar-refractivity contribution in [2.75, 3.05) is 6.54 Å². The van der Waals surface area contributed by atoms with Crippen molar-refractivity contribution in [3.63, 3.8) is 0 Å². The summed E-state index contributed by atoms with van der Waals surface area (Å²) in [7, 11) is 0. The van der Waals surface area contributed by atoms with E-state index in [0.29, 0.717) is 0 Å². The highest BCUT2D eigenvalue weighted by molar-refractivity contribution is 4.69. The van der Waals surface area contributed by atoms with Crippen molar-refractivity contribution in [3.05, 3.63) is 0 Å². The van der Waals surface area contributed by atoms with Crippen LogP contribution in [0, 0.1) is 17.8 Å². The molecule has 0 spiro atoms. The van der Waals surface area contributed by atoms with Crippen LogP contribution in [-0.4, -0.2) is 12.6 Å².